The molecular formula is C12H24N2O2. The molecule has 0 heterocycles. The molecule has 0 aromatic heterocycles. The number of hydrogen-bond acceptors (Lipinski definition) is 3. The SMILES string of the molecule is CCC(CN)C(=O)NCC1CCCC(O)C1. The smallest absolute Gasteiger partial charge is 0.224 e. The summed E-state index contributed by atoms with van der Waals surface area (Å²) in [7, 11) is 0. The number of hydrogen-bond donors (Lipinski definition) is 3. The fraction of sp³-hybridized carbons (Fsp3) is 0.917. The number of aliphatic hydroxyl groups excluding tert-OH is 1. The third-order valence-electron chi connectivity index (χ3n) is 3.47. The van der Waals surface area contributed by atoms with Gasteiger partial charge in [-0.3, -0.25) is 4.79 Å². The fourth-order valence-electron chi connectivity index (χ4n) is 2.30. The van der Waals surface area contributed by atoms with Crippen molar-refractivity contribution in [3.8, 4) is 0 Å². The molecule has 1 fully saturated rings. The summed E-state index contributed by atoms with van der Waals surface area (Å²) in [6.45, 7) is 3.07. The minimum absolute atomic E-state index is 0.0602. The molecule has 0 bridgehead atoms. The van der Waals surface area contributed by atoms with Crippen molar-refractivity contribution in [1.82, 2.24) is 5.32 Å². The maximum atomic E-state index is 11.7. The van der Waals surface area contributed by atoms with E-state index in [1.54, 1.807) is 0 Å². The van der Waals surface area contributed by atoms with E-state index in [2.05, 4.69) is 5.32 Å². The van der Waals surface area contributed by atoms with E-state index in [0.29, 0.717) is 19.0 Å². The van der Waals surface area contributed by atoms with Crippen LogP contribution in [0.15, 0.2) is 0 Å². The Morgan fingerprint density at radius 1 is 1.56 bits per heavy atom. The molecule has 0 aliphatic heterocycles. The highest BCUT2D eigenvalue weighted by Gasteiger charge is 2.21. The lowest BCUT2D eigenvalue weighted by atomic mass is 9.87. The molecule has 94 valence electrons. The Morgan fingerprint density at radius 3 is 2.88 bits per heavy atom. The van der Waals surface area contributed by atoms with Crippen molar-refractivity contribution in [2.45, 2.75) is 45.1 Å². The van der Waals surface area contributed by atoms with Crippen LogP contribution in [0.3, 0.4) is 0 Å². The zero-order valence-corrected chi connectivity index (χ0v) is 10.1. The lowest BCUT2D eigenvalue weighted by Crippen LogP contribution is -2.38. The van der Waals surface area contributed by atoms with Crippen LogP contribution < -0.4 is 11.1 Å². The highest BCUT2D eigenvalue weighted by molar-refractivity contribution is 5.78. The second-order valence-electron chi connectivity index (χ2n) is 4.77. The minimum Gasteiger partial charge on any atom is -0.393 e. The van der Waals surface area contributed by atoms with Crippen molar-refractivity contribution in [3.63, 3.8) is 0 Å². The summed E-state index contributed by atoms with van der Waals surface area (Å²) in [5.41, 5.74) is 5.51. The molecule has 0 radical (unpaired) electrons. The van der Waals surface area contributed by atoms with Crippen LogP contribution in [0.1, 0.15) is 39.0 Å². The maximum absolute atomic E-state index is 11.7. The molecule has 0 aromatic carbocycles. The largest absolute Gasteiger partial charge is 0.393 e. The monoisotopic (exact) mass is 228 g/mol. The van der Waals surface area contributed by atoms with E-state index in [1.165, 1.54) is 0 Å². The van der Waals surface area contributed by atoms with Crippen LogP contribution in [0.5, 0.6) is 0 Å². The molecule has 4 N–H and O–H groups in total. The minimum atomic E-state index is -0.174. The highest BCUT2D eigenvalue weighted by atomic mass is 16.3. The van der Waals surface area contributed by atoms with Gasteiger partial charge in [0.15, 0.2) is 0 Å². The predicted molar refractivity (Wildman–Crippen MR) is 63.8 cm³/mol. The van der Waals surface area contributed by atoms with Crippen LogP contribution in [0.4, 0.5) is 0 Å². The number of aliphatic hydroxyl groups is 1. The Balaban J connectivity index is 2.25. The van der Waals surface area contributed by atoms with Gasteiger partial charge in [-0.15, -0.1) is 0 Å². The number of nitrogens with two attached hydrogens (primary N) is 1. The molecule has 1 saturated carbocycles. The molecule has 1 rings (SSSR count). The molecule has 1 aliphatic rings. The first kappa shape index (κ1) is 13.5. The van der Waals surface area contributed by atoms with Crippen molar-refractivity contribution >= 4 is 5.91 Å². The topological polar surface area (TPSA) is 75.4 Å². The summed E-state index contributed by atoms with van der Waals surface area (Å²) in [5.74, 6) is 0.432. The number of carbonyl (C=O) groups is 1. The first-order valence-electron chi connectivity index (χ1n) is 6.33. The standard InChI is InChI=1S/C12H24N2O2/c1-2-10(7-13)12(16)14-8-9-4-3-5-11(15)6-9/h9-11,15H,2-8,13H2,1H3,(H,14,16). The highest BCUT2D eigenvalue weighted by Crippen LogP contribution is 2.23. The van der Waals surface area contributed by atoms with Gasteiger partial charge in [-0.2, -0.15) is 0 Å². The van der Waals surface area contributed by atoms with Crippen LogP contribution in [0.25, 0.3) is 0 Å². The zero-order chi connectivity index (χ0) is 12.0. The van der Waals surface area contributed by atoms with E-state index in [9.17, 15) is 9.90 Å². The van der Waals surface area contributed by atoms with Gasteiger partial charge in [0.25, 0.3) is 0 Å². The average Bonchev–Trinajstić information content (AvgIpc) is 2.28. The first-order chi connectivity index (χ1) is 7.67. The summed E-state index contributed by atoms with van der Waals surface area (Å²) in [6.07, 6.45) is 4.51. The van der Waals surface area contributed by atoms with Gasteiger partial charge in [0.1, 0.15) is 0 Å². The molecule has 3 unspecified atom stereocenters. The van der Waals surface area contributed by atoms with Gasteiger partial charge in [0.2, 0.25) is 5.91 Å². The lowest BCUT2D eigenvalue weighted by Gasteiger charge is -2.26. The van der Waals surface area contributed by atoms with Crippen molar-refractivity contribution in [2.75, 3.05) is 13.1 Å². The van der Waals surface area contributed by atoms with Gasteiger partial charge < -0.3 is 16.2 Å². The summed E-state index contributed by atoms with van der Waals surface area (Å²) < 4.78 is 0. The van der Waals surface area contributed by atoms with Gasteiger partial charge in [-0.25, -0.2) is 0 Å². The Hall–Kier alpha value is -0.610. The van der Waals surface area contributed by atoms with Gasteiger partial charge in [0.05, 0.1) is 6.10 Å². The van der Waals surface area contributed by atoms with Crippen molar-refractivity contribution < 1.29 is 9.90 Å². The van der Waals surface area contributed by atoms with E-state index in [4.69, 9.17) is 5.73 Å². The Kier molecular flexibility index (Phi) is 5.77. The summed E-state index contributed by atoms with van der Waals surface area (Å²) >= 11 is 0. The Morgan fingerprint density at radius 2 is 2.31 bits per heavy atom. The predicted octanol–water partition coefficient (Wildman–Crippen LogP) is 0.639. The molecule has 0 saturated heterocycles. The third kappa shape index (κ3) is 4.10. The second-order valence-corrected chi connectivity index (χ2v) is 4.77. The Bertz CT molecular complexity index is 217. The van der Waals surface area contributed by atoms with E-state index in [0.717, 1.165) is 32.1 Å². The first-order valence-corrected chi connectivity index (χ1v) is 6.33. The van der Waals surface area contributed by atoms with Crippen LogP contribution in [0, 0.1) is 11.8 Å². The molecule has 4 heteroatoms. The van der Waals surface area contributed by atoms with Gasteiger partial charge in [0, 0.05) is 19.0 Å². The van der Waals surface area contributed by atoms with E-state index in [1.807, 2.05) is 6.92 Å². The number of carbonyl (C=O) groups excluding carboxylic acids is 1. The molecule has 0 aromatic rings. The quantitative estimate of drug-likeness (QED) is 0.646. The van der Waals surface area contributed by atoms with Gasteiger partial charge in [-0.05, 0) is 31.6 Å². The summed E-state index contributed by atoms with van der Waals surface area (Å²) in [4.78, 5) is 11.7. The summed E-state index contributed by atoms with van der Waals surface area (Å²) in [5, 5.41) is 12.5. The summed E-state index contributed by atoms with van der Waals surface area (Å²) in [6, 6.07) is 0. The molecule has 1 aliphatic carbocycles. The molecular weight excluding hydrogens is 204 g/mol. The van der Waals surface area contributed by atoms with E-state index >= 15 is 0 Å². The van der Waals surface area contributed by atoms with Crippen LogP contribution in [-0.2, 0) is 4.79 Å². The molecule has 4 nitrogen and oxygen atoms in total. The average molecular weight is 228 g/mol. The maximum Gasteiger partial charge on any atom is 0.224 e. The molecule has 3 atom stereocenters. The van der Waals surface area contributed by atoms with Crippen LogP contribution >= 0.6 is 0 Å². The third-order valence-corrected chi connectivity index (χ3v) is 3.47. The normalized spacial score (nSPS) is 27.4. The van der Waals surface area contributed by atoms with Crippen LogP contribution in [0.2, 0.25) is 0 Å². The number of rotatable bonds is 5. The number of amides is 1. The Labute approximate surface area is 97.6 Å². The van der Waals surface area contributed by atoms with Gasteiger partial charge >= 0.3 is 0 Å². The van der Waals surface area contributed by atoms with Crippen molar-refractivity contribution in [1.29, 1.82) is 0 Å². The second kappa shape index (κ2) is 6.86. The van der Waals surface area contributed by atoms with Gasteiger partial charge in [-0.1, -0.05) is 13.3 Å². The fourth-order valence-corrected chi connectivity index (χ4v) is 2.30. The zero-order valence-electron chi connectivity index (χ0n) is 10.1. The molecule has 0 spiro atoms. The molecule has 16 heavy (non-hydrogen) atoms. The van der Waals surface area contributed by atoms with E-state index < -0.39 is 0 Å². The lowest BCUT2D eigenvalue weighted by molar-refractivity contribution is -0.125. The van der Waals surface area contributed by atoms with Crippen LogP contribution in [-0.4, -0.2) is 30.2 Å². The molecule has 1 amide bonds. The van der Waals surface area contributed by atoms with Crippen molar-refractivity contribution in [2.24, 2.45) is 17.6 Å². The van der Waals surface area contributed by atoms with Crippen molar-refractivity contribution in [3.05, 3.63) is 0 Å². The number of nitrogens with one attached hydrogen (secondary N) is 1. The van der Waals surface area contributed by atoms with E-state index in [-0.39, 0.29) is 17.9 Å².